The molecular formula is C18H20F2N4O4S. The Balaban J connectivity index is 0.000000941. The molecule has 0 aliphatic rings. The molecule has 5 N–H and O–H groups in total. The predicted octanol–water partition coefficient (Wildman–Crippen LogP) is 2.50. The van der Waals surface area contributed by atoms with Crippen molar-refractivity contribution < 1.29 is 27.1 Å². The highest BCUT2D eigenvalue weighted by atomic mass is 32.2. The van der Waals surface area contributed by atoms with Gasteiger partial charge in [0.2, 0.25) is 10.0 Å². The fourth-order valence-corrected chi connectivity index (χ4v) is 3.70. The normalized spacial score (nSPS) is 11.3. The fourth-order valence-electron chi connectivity index (χ4n) is 2.62. The number of sulfonamides is 1. The number of rotatable bonds is 7. The van der Waals surface area contributed by atoms with Crippen LogP contribution in [0.15, 0.2) is 47.5 Å². The first-order valence-electron chi connectivity index (χ1n) is 8.47. The third-order valence-corrected chi connectivity index (χ3v) is 5.41. The van der Waals surface area contributed by atoms with Crippen molar-refractivity contribution in [1.82, 2.24) is 14.7 Å². The van der Waals surface area contributed by atoms with Gasteiger partial charge in [-0.15, -0.1) is 0 Å². The molecule has 0 fully saturated rings. The van der Waals surface area contributed by atoms with Crippen molar-refractivity contribution in [2.45, 2.75) is 17.7 Å². The Labute approximate surface area is 165 Å². The van der Waals surface area contributed by atoms with E-state index in [1.165, 1.54) is 24.4 Å². The van der Waals surface area contributed by atoms with E-state index in [4.69, 9.17) is 15.6 Å². The molecule has 1 aromatic carbocycles. The summed E-state index contributed by atoms with van der Waals surface area (Å²) in [4.78, 5) is 15.1. The van der Waals surface area contributed by atoms with E-state index in [-0.39, 0.29) is 23.6 Å². The molecule has 0 saturated carbocycles. The number of benzene rings is 1. The van der Waals surface area contributed by atoms with Crippen LogP contribution in [-0.4, -0.2) is 43.1 Å². The summed E-state index contributed by atoms with van der Waals surface area (Å²) in [5, 5.41) is 7.44. The maximum atomic E-state index is 12.9. The Morgan fingerprint density at radius 2 is 1.90 bits per heavy atom. The minimum Gasteiger partial charge on any atom is -0.483 e. The van der Waals surface area contributed by atoms with Gasteiger partial charge in [-0.05, 0) is 48.4 Å². The highest BCUT2D eigenvalue weighted by molar-refractivity contribution is 7.89. The quantitative estimate of drug-likeness (QED) is 0.338. The lowest BCUT2D eigenvalue weighted by atomic mass is 10.0. The van der Waals surface area contributed by atoms with E-state index in [0.29, 0.717) is 35.1 Å². The third-order valence-electron chi connectivity index (χ3n) is 3.94. The van der Waals surface area contributed by atoms with Gasteiger partial charge in [-0.3, -0.25) is 4.79 Å². The van der Waals surface area contributed by atoms with Crippen molar-refractivity contribution in [3.8, 4) is 11.1 Å². The topological polar surface area (TPSA) is 138 Å². The molecular weight excluding hydrogens is 406 g/mol. The highest BCUT2D eigenvalue weighted by Gasteiger charge is 2.16. The summed E-state index contributed by atoms with van der Waals surface area (Å²) in [6.45, 7) is 0.419. The lowest BCUT2D eigenvalue weighted by molar-refractivity contribution is -0.122. The summed E-state index contributed by atoms with van der Waals surface area (Å²) in [7, 11) is -3.60. The standard InChI is InChI=1S/C17H18F2N4O2S.CH2O2/c18-16(19)15-10-14-13(6-9-21-17(14)23-15)11-2-4-12(5-3-11)26(24,25)22-8-1-7-20;2-1-3/h2-6,9-10,16,22H,1,7-8,20H2,(H,21,23);1H,(H,2,3). The van der Waals surface area contributed by atoms with Gasteiger partial charge in [0.05, 0.1) is 10.6 Å². The van der Waals surface area contributed by atoms with Crippen molar-refractivity contribution in [2.75, 3.05) is 13.1 Å². The number of halogens is 2. The monoisotopic (exact) mass is 426 g/mol. The summed E-state index contributed by atoms with van der Waals surface area (Å²) in [6.07, 6.45) is -0.557. The van der Waals surface area contributed by atoms with Gasteiger partial charge in [0.15, 0.2) is 0 Å². The van der Waals surface area contributed by atoms with Gasteiger partial charge in [0.1, 0.15) is 5.65 Å². The summed E-state index contributed by atoms with van der Waals surface area (Å²) >= 11 is 0. The molecule has 3 rings (SSSR count). The van der Waals surface area contributed by atoms with E-state index in [1.807, 2.05) is 0 Å². The smallest absolute Gasteiger partial charge is 0.290 e. The number of nitrogens with zero attached hydrogens (tertiary/aromatic N) is 1. The minimum atomic E-state index is -3.60. The van der Waals surface area contributed by atoms with Crippen molar-refractivity contribution in [1.29, 1.82) is 0 Å². The Morgan fingerprint density at radius 1 is 1.24 bits per heavy atom. The van der Waals surface area contributed by atoms with Gasteiger partial charge >= 0.3 is 0 Å². The van der Waals surface area contributed by atoms with Crippen molar-refractivity contribution >= 4 is 27.5 Å². The molecule has 0 bridgehead atoms. The van der Waals surface area contributed by atoms with E-state index in [1.54, 1.807) is 18.2 Å². The van der Waals surface area contributed by atoms with Crippen molar-refractivity contribution in [3.05, 3.63) is 48.3 Å². The number of pyridine rings is 1. The van der Waals surface area contributed by atoms with Crippen LogP contribution in [0.5, 0.6) is 0 Å². The zero-order valence-corrected chi connectivity index (χ0v) is 16.0. The fraction of sp³-hybridized carbons (Fsp3) is 0.222. The van der Waals surface area contributed by atoms with Crippen LogP contribution >= 0.6 is 0 Å². The third kappa shape index (κ3) is 5.56. The number of carboxylic acid groups (broad SMARTS) is 1. The number of aromatic amines is 1. The van der Waals surface area contributed by atoms with E-state index in [2.05, 4.69) is 14.7 Å². The number of hydrogen-bond donors (Lipinski definition) is 4. The molecule has 2 aromatic heterocycles. The van der Waals surface area contributed by atoms with Gasteiger partial charge in [0, 0.05) is 18.1 Å². The second-order valence-electron chi connectivity index (χ2n) is 5.82. The molecule has 29 heavy (non-hydrogen) atoms. The zero-order valence-electron chi connectivity index (χ0n) is 15.2. The Hall–Kier alpha value is -2.89. The molecule has 0 unspecified atom stereocenters. The molecule has 8 nitrogen and oxygen atoms in total. The maximum Gasteiger partial charge on any atom is 0.290 e. The molecule has 0 amide bonds. The number of carbonyl (C=O) groups is 1. The lowest BCUT2D eigenvalue weighted by Crippen LogP contribution is -2.26. The van der Waals surface area contributed by atoms with Gasteiger partial charge in [-0.1, -0.05) is 12.1 Å². The number of nitrogens with two attached hydrogens (primary N) is 1. The Kier molecular flexibility index (Phi) is 7.76. The summed E-state index contributed by atoms with van der Waals surface area (Å²) in [5.74, 6) is 0. The number of hydrogen-bond acceptors (Lipinski definition) is 5. The average molecular weight is 426 g/mol. The van der Waals surface area contributed by atoms with Crippen LogP contribution in [0, 0.1) is 0 Å². The van der Waals surface area contributed by atoms with Crippen LogP contribution in [0.3, 0.4) is 0 Å². The first-order chi connectivity index (χ1) is 13.8. The van der Waals surface area contributed by atoms with Crippen LogP contribution in [0.25, 0.3) is 22.2 Å². The van der Waals surface area contributed by atoms with E-state index >= 15 is 0 Å². The van der Waals surface area contributed by atoms with Gasteiger partial charge in [0.25, 0.3) is 12.9 Å². The van der Waals surface area contributed by atoms with Crippen LogP contribution in [-0.2, 0) is 14.8 Å². The number of H-pyrrole nitrogens is 1. The molecule has 0 saturated heterocycles. The van der Waals surface area contributed by atoms with Gasteiger partial charge < -0.3 is 15.8 Å². The summed E-state index contributed by atoms with van der Waals surface area (Å²) < 4.78 is 52.7. The van der Waals surface area contributed by atoms with Crippen molar-refractivity contribution in [2.24, 2.45) is 5.73 Å². The lowest BCUT2D eigenvalue weighted by Gasteiger charge is -2.08. The number of alkyl halides is 2. The zero-order chi connectivity index (χ0) is 21.4. The molecule has 0 radical (unpaired) electrons. The Bertz CT molecular complexity index is 1050. The SMILES string of the molecule is NCCCNS(=O)(=O)c1ccc(-c2ccnc3[nH]c(C(F)F)cc23)cc1.O=CO. The predicted molar refractivity (Wildman–Crippen MR) is 104 cm³/mol. The van der Waals surface area contributed by atoms with E-state index in [0.717, 1.165) is 0 Å². The molecule has 0 spiro atoms. The summed E-state index contributed by atoms with van der Waals surface area (Å²) in [5.41, 5.74) is 6.91. The highest BCUT2D eigenvalue weighted by Crippen LogP contribution is 2.31. The molecule has 2 heterocycles. The first-order valence-corrected chi connectivity index (χ1v) is 9.96. The van der Waals surface area contributed by atoms with E-state index < -0.39 is 16.4 Å². The second-order valence-corrected chi connectivity index (χ2v) is 7.58. The first kappa shape index (κ1) is 22.4. The second kappa shape index (κ2) is 10.0. The van der Waals surface area contributed by atoms with Crippen LogP contribution < -0.4 is 10.5 Å². The van der Waals surface area contributed by atoms with Crippen molar-refractivity contribution in [3.63, 3.8) is 0 Å². The van der Waals surface area contributed by atoms with Crippen LogP contribution in [0.1, 0.15) is 18.5 Å². The van der Waals surface area contributed by atoms with Gasteiger partial charge in [-0.2, -0.15) is 0 Å². The number of aromatic nitrogens is 2. The molecule has 156 valence electrons. The number of fused-ring (bicyclic) bond motifs is 1. The minimum absolute atomic E-state index is 0.130. The maximum absolute atomic E-state index is 12.9. The van der Waals surface area contributed by atoms with Crippen LogP contribution in [0.4, 0.5) is 8.78 Å². The largest absolute Gasteiger partial charge is 0.483 e. The Morgan fingerprint density at radius 3 is 2.48 bits per heavy atom. The molecule has 11 heteroatoms. The molecule has 0 atom stereocenters. The summed E-state index contributed by atoms with van der Waals surface area (Å²) in [6, 6.07) is 9.30. The van der Waals surface area contributed by atoms with E-state index in [9.17, 15) is 17.2 Å². The number of nitrogens with one attached hydrogen (secondary N) is 2. The average Bonchev–Trinajstić information content (AvgIpc) is 3.14. The van der Waals surface area contributed by atoms with Crippen LogP contribution in [0.2, 0.25) is 0 Å². The molecule has 0 aliphatic heterocycles. The molecule has 0 aliphatic carbocycles. The van der Waals surface area contributed by atoms with Gasteiger partial charge in [-0.25, -0.2) is 26.9 Å². The molecule has 3 aromatic rings.